The molecule has 3 rings (SSSR count). The first-order valence-electron chi connectivity index (χ1n) is 13.0. The molecule has 0 saturated carbocycles. The summed E-state index contributed by atoms with van der Waals surface area (Å²) in [5.41, 5.74) is 3.84. The van der Waals surface area contributed by atoms with Gasteiger partial charge in [0, 0.05) is 12.1 Å². The molecule has 6 heteroatoms. The Hall–Kier alpha value is -3.80. The van der Waals surface area contributed by atoms with Crippen LogP contribution in [-0.4, -0.2) is 23.5 Å². The minimum absolute atomic E-state index is 0.101. The number of rotatable bonds is 15. The number of hydrogen-bond donors (Lipinski definition) is 2. The zero-order chi connectivity index (χ0) is 26.5. The fourth-order valence-electron chi connectivity index (χ4n) is 3.91. The molecule has 0 fully saturated rings. The highest BCUT2D eigenvalue weighted by atomic mass is 16.5. The predicted octanol–water partition coefficient (Wildman–Crippen LogP) is 6.87. The number of carboxylic acid groups (broad SMARTS) is 1. The van der Waals surface area contributed by atoms with Crippen LogP contribution >= 0.6 is 0 Å². The van der Waals surface area contributed by atoms with E-state index in [0.29, 0.717) is 12.2 Å². The second-order valence-corrected chi connectivity index (χ2v) is 9.22. The molecule has 196 valence electrons. The largest absolute Gasteiger partial charge is 0.489 e. The second kappa shape index (κ2) is 14.7. The Kier molecular flexibility index (Phi) is 11.0. The predicted molar refractivity (Wildman–Crippen MR) is 145 cm³/mol. The third-order valence-electron chi connectivity index (χ3n) is 6.12. The number of aliphatic carboxylic acids is 1. The molecule has 1 amide bonds. The maximum atomic E-state index is 12.3. The van der Waals surface area contributed by atoms with E-state index >= 15 is 0 Å². The molecule has 3 aromatic rings. The van der Waals surface area contributed by atoms with Gasteiger partial charge in [0.1, 0.15) is 24.2 Å². The van der Waals surface area contributed by atoms with Crippen LogP contribution < -0.4 is 14.8 Å². The van der Waals surface area contributed by atoms with Crippen molar-refractivity contribution in [3.63, 3.8) is 0 Å². The Labute approximate surface area is 219 Å². The van der Waals surface area contributed by atoms with Gasteiger partial charge in [0.05, 0.1) is 6.42 Å². The average Bonchev–Trinajstić information content (AvgIpc) is 2.90. The van der Waals surface area contributed by atoms with Crippen LogP contribution in [0.4, 0.5) is 0 Å². The van der Waals surface area contributed by atoms with Crippen LogP contribution in [0.3, 0.4) is 0 Å². The van der Waals surface area contributed by atoms with Crippen LogP contribution in [-0.2, 0) is 11.4 Å². The van der Waals surface area contributed by atoms with Crippen LogP contribution in [0.1, 0.15) is 78.6 Å². The lowest BCUT2D eigenvalue weighted by Crippen LogP contribution is -2.26. The Morgan fingerprint density at radius 1 is 0.865 bits per heavy atom. The quantitative estimate of drug-likeness (QED) is 0.221. The monoisotopic (exact) mass is 503 g/mol. The van der Waals surface area contributed by atoms with Crippen LogP contribution in [0, 0.1) is 6.92 Å². The van der Waals surface area contributed by atoms with Gasteiger partial charge in [-0.1, -0.05) is 68.1 Å². The topological polar surface area (TPSA) is 84.9 Å². The molecule has 0 heterocycles. The molecule has 1 unspecified atom stereocenters. The van der Waals surface area contributed by atoms with Crippen molar-refractivity contribution in [2.45, 2.75) is 65.1 Å². The van der Waals surface area contributed by atoms with E-state index in [2.05, 4.69) is 43.4 Å². The number of ether oxygens (including phenoxy) is 2. The zero-order valence-electron chi connectivity index (χ0n) is 21.7. The van der Waals surface area contributed by atoms with Gasteiger partial charge in [0.2, 0.25) is 0 Å². The van der Waals surface area contributed by atoms with Crippen molar-refractivity contribution in [2.24, 2.45) is 0 Å². The number of benzene rings is 3. The van der Waals surface area contributed by atoms with Gasteiger partial charge in [-0.3, -0.25) is 9.59 Å². The first kappa shape index (κ1) is 27.8. The first-order chi connectivity index (χ1) is 17.9. The van der Waals surface area contributed by atoms with Crippen LogP contribution in [0.25, 0.3) is 0 Å². The smallest absolute Gasteiger partial charge is 0.305 e. The molecule has 1 atom stereocenters. The highest BCUT2D eigenvalue weighted by Crippen LogP contribution is 2.29. The van der Waals surface area contributed by atoms with E-state index in [1.54, 1.807) is 12.1 Å². The number of carbonyl (C=O) groups excluding carboxylic acids is 1. The Morgan fingerprint density at radius 2 is 1.54 bits per heavy atom. The second-order valence-electron chi connectivity index (χ2n) is 9.22. The van der Waals surface area contributed by atoms with E-state index in [9.17, 15) is 9.59 Å². The molecular formula is C31H37NO5. The summed E-state index contributed by atoms with van der Waals surface area (Å²) in [6.07, 6.45) is 5.18. The van der Waals surface area contributed by atoms with Gasteiger partial charge in [-0.15, -0.1) is 0 Å². The van der Waals surface area contributed by atoms with Crippen molar-refractivity contribution in [3.8, 4) is 11.5 Å². The summed E-state index contributed by atoms with van der Waals surface area (Å²) < 4.78 is 12.3. The van der Waals surface area contributed by atoms with Crippen molar-refractivity contribution < 1.29 is 24.2 Å². The maximum absolute atomic E-state index is 12.3. The average molecular weight is 504 g/mol. The summed E-state index contributed by atoms with van der Waals surface area (Å²) in [6, 6.07) is 23.3. The summed E-state index contributed by atoms with van der Waals surface area (Å²) >= 11 is 0. The highest BCUT2D eigenvalue weighted by molar-refractivity contribution is 5.94. The Morgan fingerprint density at radius 3 is 2.19 bits per heavy atom. The fraction of sp³-hybridized carbons (Fsp3) is 0.355. The molecule has 3 aromatic carbocycles. The van der Waals surface area contributed by atoms with Crippen LogP contribution in [0.5, 0.6) is 11.5 Å². The number of hydrogen-bond acceptors (Lipinski definition) is 4. The van der Waals surface area contributed by atoms with E-state index < -0.39 is 5.97 Å². The third kappa shape index (κ3) is 9.64. The molecule has 6 nitrogen and oxygen atoms in total. The summed E-state index contributed by atoms with van der Waals surface area (Å²) in [6.45, 7) is 4.87. The lowest BCUT2D eigenvalue weighted by atomic mass is 10.0. The number of nitrogens with one attached hydrogen (secondary N) is 1. The maximum Gasteiger partial charge on any atom is 0.305 e. The standard InChI is InChI=1S/C31H37NO5/c1-3-4-5-6-7-29(25-12-14-26(15-13-25)31(35)32-21-20-30(33)34)37-28-18-16-27(17-19-28)36-22-24-10-8-23(2)9-11-24/h8-19,29H,3-7,20-22H2,1-2H3,(H,32,35)(H,33,34). The van der Waals surface area contributed by atoms with Gasteiger partial charge in [0.25, 0.3) is 5.91 Å². The molecule has 0 aliphatic heterocycles. The third-order valence-corrected chi connectivity index (χ3v) is 6.12. The van der Waals surface area contributed by atoms with Crippen molar-refractivity contribution in [3.05, 3.63) is 95.1 Å². The minimum Gasteiger partial charge on any atom is -0.489 e. The van der Waals surface area contributed by atoms with E-state index in [-0.39, 0.29) is 25.0 Å². The summed E-state index contributed by atoms with van der Waals surface area (Å²) in [5.74, 6) is 0.323. The van der Waals surface area contributed by atoms with Crippen molar-refractivity contribution >= 4 is 11.9 Å². The Balaban J connectivity index is 1.62. The van der Waals surface area contributed by atoms with E-state index in [4.69, 9.17) is 14.6 Å². The molecule has 0 bridgehead atoms. The van der Waals surface area contributed by atoms with Crippen molar-refractivity contribution in [2.75, 3.05) is 6.54 Å². The highest BCUT2D eigenvalue weighted by Gasteiger charge is 2.15. The number of carboxylic acids is 1. The number of carbonyl (C=O) groups is 2. The van der Waals surface area contributed by atoms with Crippen molar-refractivity contribution in [1.29, 1.82) is 0 Å². The summed E-state index contributed by atoms with van der Waals surface area (Å²) in [4.78, 5) is 22.9. The molecule has 0 aromatic heterocycles. The minimum atomic E-state index is -0.940. The summed E-state index contributed by atoms with van der Waals surface area (Å²) in [7, 11) is 0. The molecular weight excluding hydrogens is 466 g/mol. The molecule has 0 saturated heterocycles. The molecule has 0 spiro atoms. The van der Waals surface area contributed by atoms with Gasteiger partial charge in [-0.2, -0.15) is 0 Å². The molecule has 0 aliphatic rings. The Bertz CT molecular complexity index is 1110. The fourth-order valence-corrected chi connectivity index (χ4v) is 3.91. The SMILES string of the molecule is CCCCCCC(Oc1ccc(OCc2ccc(C)cc2)cc1)c1ccc(C(=O)NCCC(=O)O)cc1. The molecule has 2 N–H and O–H groups in total. The van der Waals surface area contributed by atoms with Crippen LogP contribution in [0.15, 0.2) is 72.8 Å². The molecule has 0 radical (unpaired) electrons. The number of aryl methyl sites for hydroxylation is 1. The van der Waals surface area contributed by atoms with Crippen molar-refractivity contribution in [1.82, 2.24) is 5.32 Å². The van der Waals surface area contributed by atoms with Gasteiger partial charge in [-0.25, -0.2) is 0 Å². The van der Waals surface area contributed by atoms with E-state index in [1.165, 1.54) is 18.4 Å². The van der Waals surface area contributed by atoms with Gasteiger partial charge < -0.3 is 19.9 Å². The van der Waals surface area contributed by atoms with Gasteiger partial charge >= 0.3 is 5.97 Å². The lowest BCUT2D eigenvalue weighted by Gasteiger charge is -2.20. The first-order valence-corrected chi connectivity index (χ1v) is 13.0. The molecule has 0 aliphatic carbocycles. The van der Waals surface area contributed by atoms with Crippen LogP contribution in [0.2, 0.25) is 0 Å². The number of unbranched alkanes of at least 4 members (excludes halogenated alkanes) is 3. The van der Waals surface area contributed by atoms with Gasteiger partial charge in [0.15, 0.2) is 0 Å². The lowest BCUT2D eigenvalue weighted by molar-refractivity contribution is -0.136. The zero-order valence-corrected chi connectivity index (χ0v) is 21.7. The van der Waals surface area contributed by atoms with Gasteiger partial charge in [-0.05, 0) is 67.3 Å². The molecule has 37 heavy (non-hydrogen) atoms. The van der Waals surface area contributed by atoms with E-state index in [0.717, 1.165) is 41.9 Å². The number of amides is 1. The van der Waals surface area contributed by atoms with E-state index in [1.807, 2.05) is 36.4 Å². The normalized spacial score (nSPS) is 11.5. The summed E-state index contributed by atoms with van der Waals surface area (Å²) in [5, 5.41) is 11.4.